The van der Waals surface area contributed by atoms with Gasteiger partial charge in [-0.05, 0) is 12.1 Å². The van der Waals surface area contributed by atoms with Gasteiger partial charge in [-0.3, -0.25) is 10.00 Å². The van der Waals surface area contributed by atoms with Crippen molar-refractivity contribution in [2.75, 3.05) is 57.4 Å². The van der Waals surface area contributed by atoms with Gasteiger partial charge >= 0.3 is 6.09 Å². The van der Waals surface area contributed by atoms with E-state index in [1.807, 2.05) is 24.4 Å². The average Bonchev–Trinajstić information content (AvgIpc) is 3.50. The fourth-order valence-electron chi connectivity index (χ4n) is 4.63. The Hall–Kier alpha value is -3.28. The SMILES string of the molecule is O=C(O)N1CCN(Cc2cc3nc(-c4cccc5[nH]ncc45)nc(N4CCOCC4)c3s2)CC1. The van der Waals surface area contributed by atoms with Gasteiger partial charge < -0.3 is 19.6 Å². The van der Waals surface area contributed by atoms with Crippen LogP contribution >= 0.6 is 11.3 Å². The summed E-state index contributed by atoms with van der Waals surface area (Å²) in [6.45, 7) is 6.29. The van der Waals surface area contributed by atoms with Crippen LogP contribution in [0.1, 0.15) is 4.88 Å². The molecule has 4 aromatic rings. The highest BCUT2D eigenvalue weighted by Crippen LogP contribution is 2.36. The van der Waals surface area contributed by atoms with Crippen LogP contribution in [0, 0.1) is 0 Å². The molecule has 1 aromatic carbocycles. The van der Waals surface area contributed by atoms with Gasteiger partial charge in [0.05, 0.1) is 35.1 Å². The third-order valence-electron chi connectivity index (χ3n) is 6.46. The Morgan fingerprint density at radius 2 is 1.94 bits per heavy atom. The molecule has 34 heavy (non-hydrogen) atoms. The van der Waals surface area contributed by atoms with E-state index in [0.717, 1.165) is 65.2 Å². The van der Waals surface area contributed by atoms with E-state index in [1.165, 1.54) is 9.78 Å². The van der Waals surface area contributed by atoms with Gasteiger partial charge in [-0.25, -0.2) is 14.8 Å². The Kier molecular flexibility index (Phi) is 5.52. The van der Waals surface area contributed by atoms with Gasteiger partial charge in [0.2, 0.25) is 0 Å². The van der Waals surface area contributed by atoms with Gasteiger partial charge in [0.25, 0.3) is 0 Å². The van der Waals surface area contributed by atoms with Crippen molar-refractivity contribution in [2.45, 2.75) is 6.54 Å². The maximum absolute atomic E-state index is 11.2. The first-order chi connectivity index (χ1) is 16.7. The molecule has 0 radical (unpaired) electrons. The van der Waals surface area contributed by atoms with Crippen molar-refractivity contribution in [1.82, 2.24) is 30.0 Å². The number of carbonyl (C=O) groups is 1. The summed E-state index contributed by atoms with van der Waals surface area (Å²) < 4.78 is 6.67. The lowest BCUT2D eigenvalue weighted by molar-refractivity contribution is 0.103. The standard InChI is InChI=1S/C23H25N7O3S/c31-23(32)30-6-4-28(5-7-30)14-15-12-19-20(34-15)22(29-8-10-33-11-9-29)26-21(25-19)16-2-1-3-18-17(16)13-24-27-18/h1-3,12-13H,4-11,14H2,(H,24,27)(H,31,32). The first-order valence-corrected chi connectivity index (χ1v) is 12.2. The number of amides is 1. The first kappa shape index (κ1) is 21.3. The molecule has 0 spiro atoms. The predicted octanol–water partition coefficient (Wildman–Crippen LogP) is 2.87. The maximum Gasteiger partial charge on any atom is 0.407 e. The van der Waals surface area contributed by atoms with Crippen LogP contribution < -0.4 is 4.90 Å². The van der Waals surface area contributed by atoms with Crippen LogP contribution in [0.15, 0.2) is 30.5 Å². The molecule has 5 heterocycles. The van der Waals surface area contributed by atoms with Crippen LogP contribution in [-0.2, 0) is 11.3 Å². The molecule has 0 aliphatic carbocycles. The second kappa shape index (κ2) is 8.82. The molecule has 3 aromatic heterocycles. The van der Waals surface area contributed by atoms with Crippen LogP contribution in [-0.4, -0.2) is 93.6 Å². The number of nitrogens with zero attached hydrogens (tertiary/aromatic N) is 6. The van der Waals surface area contributed by atoms with E-state index in [1.54, 1.807) is 11.3 Å². The summed E-state index contributed by atoms with van der Waals surface area (Å²) in [4.78, 5) is 28.5. The quantitative estimate of drug-likeness (QED) is 0.460. The van der Waals surface area contributed by atoms with Gasteiger partial charge in [-0.2, -0.15) is 5.10 Å². The largest absolute Gasteiger partial charge is 0.465 e. The van der Waals surface area contributed by atoms with Crippen molar-refractivity contribution in [3.8, 4) is 11.4 Å². The highest BCUT2D eigenvalue weighted by molar-refractivity contribution is 7.19. The Labute approximate surface area is 199 Å². The number of morpholine rings is 1. The number of anilines is 1. The van der Waals surface area contributed by atoms with Crippen LogP contribution in [0.25, 0.3) is 32.5 Å². The van der Waals surface area contributed by atoms with E-state index < -0.39 is 6.09 Å². The van der Waals surface area contributed by atoms with Crippen molar-refractivity contribution >= 4 is 44.4 Å². The number of benzene rings is 1. The first-order valence-electron chi connectivity index (χ1n) is 11.4. The van der Waals surface area contributed by atoms with Crippen molar-refractivity contribution in [3.05, 3.63) is 35.3 Å². The lowest BCUT2D eigenvalue weighted by atomic mass is 10.1. The summed E-state index contributed by atoms with van der Waals surface area (Å²) in [5.74, 6) is 1.65. The Bertz CT molecular complexity index is 1340. The third-order valence-corrected chi connectivity index (χ3v) is 7.57. The predicted molar refractivity (Wildman–Crippen MR) is 130 cm³/mol. The molecular formula is C23H25N7O3S. The Morgan fingerprint density at radius 3 is 2.74 bits per heavy atom. The molecule has 0 saturated carbocycles. The third kappa shape index (κ3) is 3.95. The van der Waals surface area contributed by atoms with Gasteiger partial charge in [0, 0.05) is 61.6 Å². The fraction of sp³-hybridized carbons (Fsp3) is 0.391. The van der Waals surface area contributed by atoms with Gasteiger partial charge in [-0.15, -0.1) is 11.3 Å². The number of ether oxygens (including phenoxy) is 1. The van der Waals surface area contributed by atoms with Gasteiger partial charge in [0.1, 0.15) is 0 Å². The fourth-order valence-corrected chi connectivity index (χ4v) is 5.79. The Balaban J connectivity index is 1.37. The molecule has 2 saturated heterocycles. The molecule has 2 fully saturated rings. The molecule has 2 N–H and O–H groups in total. The normalized spacial score (nSPS) is 17.6. The summed E-state index contributed by atoms with van der Waals surface area (Å²) in [6.07, 6.45) is 0.981. The number of aromatic amines is 1. The molecule has 0 atom stereocenters. The van der Waals surface area contributed by atoms with E-state index >= 15 is 0 Å². The maximum atomic E-state index is 11.2. The molecule has 6 rings (SSSR count). The van der Waals surface area contributed by atoms with E-state index in [-0.39, 0.29) is 0 Å². The second-order valence-corrected chi connectivity index (χ2v) is 9.72. The van der Waals surface area contributed by atoms with Gasteiger partial charge in [-0.1, -0.05) is 12.1 Å². The summed E-state index contributed by atoms with van der Waals surface area (Å²) in [6, 6.07) is 8.19. The molecule has 2 aliphatic rings. The zero-order valence-electron chi connectivity index (χ0n) is 18.6. The van der Waals surface area contributed by atoms with E-state index in [4.69, 9.17) is 14.7 Å². The lowest BCUT2D eigenvalue weighted by Crippen LogP contribution is -2.47. The van der Waals surface area contributed by atoms with E-state index in [9.17, 15) is 9.90 Å². The number of H-pyrrole nitrogens is 1. The smallest absolute Gasteiger partial charge is 0.407 e. The highest BCUT2D eigenvalue weighted by atomic mass is 32.1. The molecule has 176 valence electrons. The van der Waals surface area contributed by atoms with E-state index in [2.05, 4.69) is 26.1 Å². The highest BCUT2D eigenvalue weighted by Gasteiger charge is 2.24. The summed E-state index contributed by atoms with van der Waals surface area (Å²) in [7, 11) is 0. The topological polar surface area (TPSA) is 111 Å². The molecule has 0 bridgehead atoms. The molecule has 0 unspecified atom stereocenters. The summed E-state index contributed by atoms with van der Waals surface area (Å²) in [5.41, 5.74) is 2.86. The van der Waals surface area contributed by atoms with Crippen LogP contribution in [0.4, 0.5) is 10.6 Å². The number of rotatable bonds is 4. The number of aromatic nitrogens is 4. The molecular weight excluding hydrogens is 454 g/mol. The lowest BCUT2D eigenvalue weighted by Gasteiger charge is -2.32. The number of piperazine rings is 1. The number of thiophene rings is 1. The number of hydrogen-bond acceptors (Lipinski definition) is 8. The molecule has 11 heteroatoms. The molecule has 10 nitrogen and oxygen atoms in total. The molecule has 2 aliphatic heterocycles. The second-order valence-electron chi connectivity index (χ2n) is 8.58. The number of carboxylic acid groups (broad SMARTS) is 1. The summed E-state index contributed by atoms with van der Waals surface area (Å²) in [5, 5.41) is 17.4. The van der Waals surface area contributed by atoms with Crippen LogP contribution in [0.3, 0.4) is 0 Å². The van der Waals surface area contributed by atoms with Crippen LogP contribution in [0.5, 0.6) is 0 Å². The minimum absolute atomic E-state index is 0.540. The van der Waals surface area contributed by atoms with Crippen molar-refractivity contribution in [2.24, 2.45) is 0 Å². The Morgan fingerprint density at radius 1 is 1.12 bits per heavy atom. The minimum atomic E-state index is -0.841. The monoisotopic (exact) mass is 479 g/mol. The van der Waals surface area contributed by atoms with Crippen LogP contribution in [0.2, 0.25) is 0 Å². The average molecular weight is 480 g/mol. The van der Waals surface area contributed by atoms with E-state index in [0.29, 0.717) is 32.1 Å². The zero-order valence-corrected chi connectivity index (χ0v) is 19.4. The van der Waals surface area contributed by atoms with Crippen molar-refractivity contribution < 1.29 is 14.6 Å². The van der Waals surface area contributed by atoms with Crippen molar-refractivity contribution in [3.63, 3.8) is 0 Å². The number of nitrogens with one attached hydrogen (secondary N) is 1. The van der Waals surface area contributed by atoms with Crippen molar-refractivity contribution in [1.29, 1.82) is 0 Å². The zero-order chi connectivity index (χ0) is 23.1. The number of hydrogen-bond donors (Lipinski definition) is 2. The summed E-state index contributed by atoms with van der Waals surface area (Å²) >= 11 is 1.73. The van der Waals surface area contributed by atoms with Gasteiger partial charge in [0.15, 0.2) is 11.6 Å². The minimum Gasteiger partial charge on any atom is -0.465 e. The molecule has 1 amide bonds. The number of fused-ring (bicyclic) bond motifs is 2.